The van der Waals surface area contributed by atoms with Crippen molar-refractivity contribution in [3.63, 3.8) is 0 Å². The zero-order chi connectivity index (χ0) is 15.5. The average molecular weight is 314 g/mol. The van der Waals surface area contributed by atoms with Gasteiger partial charge in [-0.3, -0.25) is 4.79 Å². The topological polar surface area (TPSA) is 63.2 Å². The molecule has 0 saturated heterocycles. The number of nitrogens with one attached hydrogen (secondary N) is 2. The van der Waals surface area contributed by atoms with Crippen LogP contribution in [-0.4, -0.2) is 37.2 Å². The fourth-order valence-electron chi connectivity index (χ4n) is 1.62. The van der Waals surface area contributed by atoms with Crippen LogP contribution in [0.2, 0.25) is 5.02 Å². The van der Waals surface area contributed by atoms with Gasteiger partial charge in [0.25, 0.3) is 5.91 Å². The van der Waals surface area contributed by atoms with E-state index < -0.39 is 0 Å². The van der Waals surface area contributed by atoms with E-state index in [0.717, 1.165) is 32.4 Å². The minimum Gasteiger partial charge on any atom is -0.380 e. The molecule has 1 aromatic rings. The summed E-state index contributed by atoms with van der Waals surface area (Å²) in [6, 6.07) is 3.45. The monoisotopic (exact) mass is 313 g/mol. The molecule has 6 heteroatoms. The minimum atomic E-state index is -0.278. The Kier molecular flexibility index (Phi) is 8.78. The predicted molar refractivity (Wildman–Crippen MR) is 86.1 cm³/mol. The Morgan fingerprint density at radius 1 is 1.24 bits per heavy atom. The Balaban J connectivity index is 2.45. The number of rotatable bonds is 10. The summed E-state index contributed by atoms with van der Waals surface area (Å²) in [7, 11) is 0. The van der Waals surface area contributed by atoms with Gasteiger partial charge in [0.05, 0.1) is 11.6 Å². The van der Waals surface area contributed by atoms with E-state index in [0.29, 0.717) is 24.0 Å². The van der Waals surface area contributed by atoms with Gasteiger partial charge in [-0.2, -0.15) is 0 Å². The highest BCUT2D eigenvalue weighted by Gasteiger charge is 2.12. The van der Waals surface area contributed by atoms with Gasteiger partial charge < -0.3 is 15.4 Å². The summed E-state index contributed by atoms with van der Waals surface area (Å²) in [6.07, 6.45) is 3.12. The van der Waals surface area contributed by atoms with Crippen LogP contribution in [0, 0.1) is 0 Å². The Morgan fingerprint density at radius 3 is 2.76 bits per heavy atom. The number of nitrogens with zero attached hydrogens (tertiary/aromatic N) is 1. The number of ether oxygens (including phenoxy) is 1. The molecule has 0 unspecified atom stereocenters. The molecule has 1 rings (SSSR count). The number of unbranched alkanes of at least 4 members (excludes halogenated alkanes) is 1. The second-order valence-corrected chi connectivity index (χ2v) is 5.08. The van der Waals surface area contributed by atoms with Gasteiger partial charge in [0.2, 0.25) is 0 Å². The zero-order valence-electron chi connectivity index (χ0n) is 12.7. The van der Waals surface area contributed by atoms with Crippen LogP contribution in [0.25, 0.3) is 0 Å². The molecule has 0 aliphatic carbocycles. The van der Waals surface area contributed by atoms with Gasteiger partial charge in [0, 0.05) is 19.7 Å². The average Bonchev–Trinajstić information content (AvgIpc) is 2.49. The van der Waals surface area contributed by atoms with Crippen LogP contribution in [0.5, 0.6) is 0 Å². The Labute approximate surface area is 131 Å². The standard InChI is InChI=1S/C15H24ClN3O2/c1-3-5-10-21-11-9-18-15(20)14-12(16)6-7-13(19-14)17-8-4-2/h6-7H,3-5,8-11H2,1-2H3,(H,17,19)(H,18,20). The molecule has 0 spiro atoms. The number of aromatic nitrogens is 1. The normalized spacial score (nSPS) is 10.4. The maximum Gasteiger partial charge on any atom is 0.271 e. The maximum absolute atomic E-state index is 12.0. The van der Waals surface area contributed by atoms with E-state index in [1.54, 1.807) is 12.1 Å². The number of pyridine rings is 1. The molecule has 0 aliphatic heterocycles. The number of amides is 1. The van der Waals surface area contributed by atoms with Crippen molar-refractivity contribution < 1.29 is 9.53 Å². The molecule has 0 bridgehead atoms. The SMILES string of the molecule is CCCCOCCNC(=O)c1nc(NCCC)ccc1Cl. The third-order valence-electron chi connectivity index (χ3n) is 2.79. The number of halogens is 1. The zero-order valence-corrected chi connectivity index (χ0v) is 13.5. The summed E-state index contributed by atoms with van der Waals surface area (Å²) in [5, 5.41) is 6.24. The van der Waals surface area contributed by atoms with Crippen molar-refractivity contribution in [3.8, 4) is 0 Å². The summed E-state index contributed by atoms with van der Waals surface area (Å²) < 4.78 is 5.39. The Bertz CT molecular complexity index is 441. The molecule has 118 valence electrons. The van der Waals surface area contributed by atoms with Crippen LogP contribution < -0.4 is 10.6 Å². The molecular formula is C15H24ClN3O2. The smallest absolute Gasteiger partial charge is 0.271 e. The van der Waals surface area contributed by atoms with Gasteiger partial charge in [-0.25, -0.2) is 4.98 Å². The lowest BCUT2D eigenvalue weighted by molar-refractivity contribution is 0.0908. The van der Waals surface area contributed by atoms with E-state index in [1.807, 2.05) is 0 Å². The van der Waals surface area contributed by atoms with Gasteiger partial charge in [-0.1, -0.05) is 31.9 Å². The second-order valence-electron chi connectivity index (χ2n) is 4.68. The van der Waals surface area contributed by atoms with E-state index in [-0.39, 0.29) is 11.6 Å². The van der Waals surface area contributed by atoms with Crippen LogP contribution in [0.3, 0.4) is 0 Å². The maximum atomic E-state index is 12.0. The first-order chi connectivity index (χ1) is 10.2. The molecule has 0 atom stereocenters. The molecule has 0 saturated carbocycles. The van der Waals surface area contributed by atoms with Crippen LogP contribution in [0.4, 0.5) is 5.82 Å². The summed E-state index contributed by atoms with van der Waals surface area (Å²) in [6.45, 7) is 6.65. The fraction of sp³-hybridized carbons (Fsp3) is 0.600. The van der Waals surface area contributed by atoms with Gasteiger partial charge in [-0.05, 0) is 25.0 Å². The van der Waals surface area contributed by atoms with Crippen LogP contribution >= 0.6 is 11.6 Å². The first-order valence-electron chi connectivity index (χ1n) is 7.45. The number of carbonyl (C=O) groups is 1. The molecule has 1 amide bonds. The Morgan fingerprint density at radius 2 is 2.05 bits per heavy atom. The van der Waals surface area contributed by atoms with E-state index in [4.69, 9.17) is 16.3 Å². The fourth-order valence-corrected chi connectivity index (χ4v) is 1.81. The third kappa shape index (κ3) is 6.78. The summed E-state index contributed by atoms with van der Waals surface area (Å²) in [4.78, 5) is 16.3. The third-order valence-corrected chi connectivity index (χ3v) is 3.10. The molecule has 21 heavy (non-hydrogen) atoms. The largest absolute Gasteiger partial charge is 0.380 e. The quantitative estimate of drug-likeness (QED) is 0.652. The van der Waals surface area contributed by atoms with E-state index in [9.17, 15) is 4.79 Å². The van der Waals surface area contributed by atoms with Crippen LogP contribution in [0.1, 0.15) is 43.6 Å². The van der Waals surface area contributed by atoms with Gasteiger partial charge in [0.1, 0.15) is 11.5 Å². The lowest BCUT2D eigenvalue weighted by Crippen LogP contribution is -2.28. The van der Waals surface area contributed by atoms with Crippen LogP contribution in [0.15, 0.2) is 12.1 Å². The number of carbonyl (C=O) groups excluding carboxylic acids is 1. The highest BCUT2D eigenvalue weighted by atomic mass is 35.5. The molecule has 5 nitrogen and oxygen atoms in total. The number of hydrogen-bond donors (Lipinski definition) is 2. The molecule has 1 heterocycles. The number of hydrogen-bond acceptors (Lipinski definition) is 4. The Hall–Kier alpha value is -1.33. The highest BCUT2D eigenvalue weighted by Crippen LogP contribution is 2.16. The molecule has 0 radical (unpaired) electrons. The van der Waals surface area contributed by atoms with Gasteiger partial charge in [-0.15, -0.1) is 0 Å². The van der Waals surface area contributed by atoms with Gasteiger partial charge in [0.15, 0.2) is 0 Å². The van der Waals surface area contributed by atoms with Crippen molar-refractivity contribution in [2.45, 2.75) is 33.1 Å². The first-order valence-corrected chi connectivity index (χ1v) is 7.83. The summed E-state index contributed by atoms with van der Waals surface area (Å²) >= 11 is 6.02. The molecule has 2 N–H and O–H groups in total. The van der Waals surface area contributed by atoms with E-state index in [2.05, 4.69) is 29.5 Å². The highest BCUT2D eigenvalue weighted by molar-refractivity contribution is 6.33. The lowest BCUT2D eigenvalue weighted by Gasteiger charge is -2.09. The lowest BCUT2D eigenvalue weighted by atomic mass is 10.3. The summed E-state index contributed by atoms with van der Waals surface area (Å²) in [5.74, 6) is 0.379. The van der Waals surface area contributed by atoms with Crippen molar-refractivity contribution in [1.29, 1.82) is 0 Å². The van der Waals surface area contributed by atoms with Crippen LogP contribution in [-0.2, 0) is 4.74 Å². The second kappa shape index (κ2) is 10.4. The van der Waals surface area contributed by atoms with E-state index >= 15 is 0 Å². The summed E-state index contributed by atoms with van der Waals surface area (Å²) in [5.41, 5.74) is 0.242. The predicted octanol–water partition coefficient (Wildman–Crippen LogP) is 3.10. The van der Waals surface area contributed by atoms with Crippen molar-refractivity contribution in [2.24, 2.45) is 0 Å². The van der Waals surface area contributed by atoms with Crippen molar-refractivity contribution in [3.05, 3.63) is 22.8 Å². The van der Waals surface area contributed by atoms with Gasteiger partial charge >= 0.3 is 0 Å². The molecule has 1 aromatic heterocycles. The van der Waals surface area contributed by atoms with Crippen molar-refractivity contribution >= 4 is 23.3 Å². The molecule has 0 fully saturated rings. The molecule has 0 aromatic carbocycles. The molecular weight excluding hydrogens is 290 g/mol. The van der Waals surface area contributed by atoms with Crippen molar-refractivity contribution in [2.75, 3.05) is 31.6 Å². The minimum absolute atomic E-state index is 0.242. The first kappa shape index (κ1) is 17.7. The molecule has 0 aliphatic rings. The number of anilines is 1. The van der Waals surface area contributed by atoms with E-state index in [1.165, 1.54) is 0 Å². The van der Waals surface area contributed by atoms with Crippen molar-refractivity contribution in [1.82, 2.24) is 10.3 Å².